The number of hydrogen-bond acceptors (Lipinski definition) is 6. The van der Waals surface area contributed by atoms with Gasteiger partial charge in [0.05, 0.1) is 35.8 Å². The summed E-state index contributed by atoms with van der Waals surface area (Å²) in [6.07, 6.45) is 5.39. The lowest BCUT2D eigenvalue weighted by atomic mass is 10.1. The molecule has 7 nitrogen and oxygen atoms in total. The second kappa shape index (κ2) is 7.84. The zero-order chi connectivity index (χ0) is 19.5. The van der Waals surface area contributed by atoms with Crippen molar-refractivity contribution in [3.05, 3.63) is 66.4 Å². The maximum atomic E-state index is 9.36. The molecule has 1 aromatic carbocycles. The number of hydrogen-bond donors (Lipinski definition) is 2. The van der Waals surface area contributed by atoms with Crippen LogP contribution in [0.5, 0.6) is 0 Å². The molecule has 7 heteroatoms. The summed E-state index contributed by atoms with van der Waals surface area (Å²) < 4.78 is 1.77. The SMILES string of the molecule is CCC[C@H](N)c1nccc(-c2ccc3cnn(-c4cccc(CO)n4)c3c2)n1. The first-order valence-electron chi connectivity index (χ1n) is 9.33. The Morgan fingerprint density at radius 2 is 2.04 bits per heavy atom. The van der Waals surface area contributed by atoms with Crippen LogP contribution in [0.3, 0.4) is 0 Å². The summed E-state index contributed by atoms with van der Waals surface area (Å²) in [6, 6.07) is 13.3. The summed E-state index contributed by atoms with van der Waals surface area (Å²) in [5.41, 5.74) is 9.48. The Morgan fingerprint density at radius 3 is 2.86 bits per heavy atom. The highest BCUT2D eigenvalue weighted by Crippen LogP contribution is 2.25. The van der Waals surface area contributed by atoms with Gasteiger partial charge < -0.3 is 10.8 Å². The van der Waals surface area contributed by atoms with E-state index in [1.807, 2.05) is 36.4 Å². The van der Waals surface area contributed by atoms with Crippen LogP contribution in [0, 0.1) is 0 Å². The molecule has 3 aromatic heterocycles. The number of fused-ring (bicyclic) bond motifs is 1. The van der Waals surface area contributed by atoms with Crippen molar-refractivity contribution in [2.24, 2.45) is 5.73 Å². The maximum Gasteiger partial charge on any atom is 0.154 e. The van der Waals surface area contributed by atoms with E-state index >= 15 is 0 Å². The van der Waals surface area contributed by atoms with Crippen molar-refractivity contribution >= 4 is 10.9 Å². The summed E-state index contributed by atoms with van der Waals surface area (Å²) in [5.74, 6) is 1.32. The van der Waals surface area contributed by atoms with E-state index in [-0.39, 0.29) is 12.6 Å². The van der Waals surface area contributed by atoms with Crippen molar-refractivity contribution in [1.82, 2.24) is 24.7 Å². The van der Waals surface area contributed by atoms with E-state index in [1.54, 1.807) is 23.1 Å². The molecular weight excluding hydrogens is 352 g/mol. The fraction of sp³-hybridized carbons (Fsp3) is 0.238. The minimum atomic E-state index is -0.162. The largest absolute Gasteiger partial charge is 0.390 e. The van der Waals surface area contributed by atoms with Crippen LogP contribution in [0.1, 0.15) is 37.3 Å². The molecule has 0 saturated carbocycles. The number of aromatic nitrogens is 5. The topological polar surface area (TPSA) is 103 Å². The van der Waals surface area contributed by atoms with Crippen LogP contribution in [-0.2, 0) is 6.61 Å². The first-order chi connectivity index (χ1) is 13.7. The Labute approximate surface area is 162 Å². The summed E-state index contributed by atoms with van der Waals surface area (Å²) in [4.78, 5) is 13.5. The van der Waals surface area contributed by atoms with E-state index in [2.05, 4.69) is 27.0 Å². The lowest BCUT2D eigenvalue weighted by molar-refractivity contribution is 0.276. The number of pyridine rings is 1. The third kappa shape index (κ3) is 3.49. The molecule has 4 rings (SSSR count). The van der Waals surface area contributed by atoms with E-state index in [9.17, 15) is 5.11 Å². The highest BCUT2D eigenvalue weighted by atomic mass is 16.3. The van der Waals surface area contributed by atoms with Gasteiger partial charge in [-0.2, -0.15) is 5.10 Å². The third-order valence-electron chi connectivity index (χ3n) is 4.64. The van der Waals surface area contributed by atoms with Crippen molar-refractivity contribution in [2.45, 2.75) is 32.4 Å². The van der Waals surface area contributed by atoms with Crippen molar-refractivity contribution < 1.29 is 5.11 Å². The Hall–Kier alpha value is -3.16. The van der Waals surface area contributed by atoms with Gasteiger partial charge in [-0.05, 0) is 30.7 Å². The van der Waals surface area contributed by atoms with Gasteiger partial charge >= 0.3 is 0 Å². The zero-order valence-electron chi connectivity index (χ0n) is 15.7. The smallest absolute Gasteiger partial charge is 0.154 e. The lowest BCUT2D eigenvalue weighted by Crippen LogP contribution is -2.13. The van der Waals surface area contributed by atoms with Gasteiger partial charge in [-0.1, -0.05) is 31.5 Å². The van der Waals surface area contributed by atoms with Gasteiger partial charge in [0.25, 0.3) is 0 Å². The number of aliphatic hydroxyl groups is 1. The standard InChI is InChI=1S/C21H22N6O/c1-2-4-17(22)21-23-10-9-18(26-21)14-7-8-15-12-24-27(19(15)11-14)20-6-3-5-16(13-28)25-20/h3,5-12,17,28H,2,4,13,22H2,1H3/t17-/m0/s1. The predicted molar refractivity (Wildman–Crippen MR) is 108 cm³/mol. The van der Waals surface area contributed by atoms with Gasteiger partial charge in [0, 0.05) is 17.1 Å². The fourth-order valence-corrected chi connectivity index (χ4v) is 3.19. The van der Waals surface area contributed by atoms with Gasteiger partial charge in [-0.25, -0.2) is 19.6 Å². The van der Waals surface area contributed by atoms with Crippen LogP contribution >= 0.6 is 0 Å². The number of aliphatic hydroxyl groups excluding tert-OH is 1. The molecule has 0 amide bonds. The van der Waals surface area contributed by atoms with Crippen LogP contribution in [0.2, 0.25) is 0 Å². The second-order valence-corrected chi connectivity index (χ2v) is 6.67. The number of benzene rings is 1. The lowest BCUT2D eigenvalue weighted by Gasteiger charge is -2.10. The quantitative estimate of drug-likeness (QED) is 0.537. The summed E-state index contributed by atoms with van der Waals surface area (Å²) in [5, 5.41) is 14.8. The Bertz CT molecular complexity index is 1110. The average Bonchev–Trinajstić information content (AvgIpc) is 3.17. The van der Waals surface area contributed by atoms with Crippen LogP contribution in [0.4, 0.5) is 0 Å². The van der Waals surface area contributed by atoms with Crippen LogP contribution < -0.4 is 5.73 Å². The molecule has 142 valence electrons. The molecule has 0 aliphatic rings. The molecule has 0 radical (unpaired) electrons. The molecule has 0 bridgehead atoms. The van der Waals surface area contributed by atoms with Gasteiger partial charge in [0.15, 0.2) is 5.82 Å². The van der Waals surface area contributed by atoms with Crippen LogP contribution in [-0.4, -0.2) is 29.8 Å². The number of nitrogens with two attached hydrogens (primary N) is 1. The molecule has 3 heterocycles. The number of rotatable bonds is 6. The molecule has 0 aliphatic carbocycles. The van der Waals surface area contributed by atoms with Crippen molar-refractivity contribution in [1.29, 1.82) is 0 Å². The third-order valence-corrected chi connectivity index (χ3v) is 4.64. The summed E-state index contributed by atoms with van der Waals surface area (Å²) in [7, 11) is 0. The molecule has 0 aliphatic heterocycles. The van der Waals surface area contributed by atoms with Gasteiger partial charge in [0.1, 0.15) is 5.82 Å². The molecule has 3 N–H and O–H groups in total. The zero-order valence-corrected chi connectivity index (χ0v) is 15.7. The first-order valence-corrected chi connectivity index (χ1v) is 9.33. The highest BCUT2D eigenvalue weighted by molar-refractivity contribution is 5.84. The van der Waals surface area contributed by atoms with E-state index in [0.717, 1.165) is 35.0 Å². The first kappa shape index (κ1) is 18.2. The minimum Gasteiger partial charge on any atom is -0.390 e. The maximum absolute atomic E-state index is 9.36. The monoisotopic (exact) mass is 374 g/mol. The van der Waals surface area contributed by atoms with Gasteiger partial charge in [-0.15, -0.1) is 0 Å². The summed E-state index contributed by atoms with van der Waals surface area (Å²) in [6.45, 7) is 1.98. The highest BCUT2D eigenvalue weighted by Gasteiger charge is 2.12. The van der Waals surface area contributed by atoms with E-state index < -0.39 is 0 Å². The average molecular weight is 374 g/mol. The molecule has 0 saturated heterocycles. The summed E-state index contributed by atoms with van der Waals surface area (Å²) >= 11 is 0. The van der Waals surface area contributed by atoms with Gasteiger partial charge in [-0.3, -0.25) is 0 Å². The number of nitrogens with zero attached hydrogens (tertiary/aromatic N) is 5. The van der Waals surface area contributed by atoms with Crippen LogP contribution in [0.15, 0.2) is 54.9 Å². The van der Waals surface area contributed by atoms with E-state index in [4.69, 9.17) is 5.73 Å². The predicted octanol–water partition coefficient (Wildman–Crippen LogP) is 3.17. The molecule has 4 aromatic rings. The van der Waals surface area contributed by atoms with Crippen molar-refractivity contribution in [3.63, 3.8) is 0 Å². The second-order valence-electron chi connectivity index (χ2n) is 6.67. The molecule has 28 heavy (non-hydrogen) atoms. The van der Waals surface area contributed by atoms with E-state index in [0.29, 0.717) is 17.3 Å². The molecule has 0 fully saturated rings. The van der Waals surface area contributed by atoms with Crippen LogP contribution in [0.25, 0.3) is 28.0 Å². The molecule has 0 unspecified atom stereocenters. The normalized spacial score (nSPS) is 12.4. The van der Waals surface area contributed by atoms with E-state index in [1.165, 1.54) is 0 Å². The Morgan fingerprint density at radius 1 is 1.14 bits per heavy atom. The Kier molecular flexibility index (Phi) is 5.10. The van der Waals surface area contributed by atoms with Crippen molar-refractivity contribution in [3.8, 4) is 17.1 Å². The molecular formula is C21H22N6O. The van der Waals surface area contributed by atoms with Gasteiger partial charge in [0.2, 0.25) is 0 Å². The van der Waals surface area contributed by atoms with Crippen molar-refractivity contribution in [2.75, 3.05) is 0 Å². The molecule has 1 atom stereocenters. The fourth-order valence-electron chi connectivity index (χ4n) is 3.19. The Balaban J connectivity index is 1.77. The minimum absolute atomic E-state index is 0.111. The molecule has 0 spiro atoms.